The van der Waals surface area contributed by atoms with Gasteiger partial charge in [-0.3, -0.25) is 9.59 Å². The molecular formula is C23H30N2O3. The van der Waals surface area contributed by atoms with Gasteiger partial charge in [0, 0.05) is 13.6 Å². The largest absolute Gasteiger partial charge is 0.483 e. The number of amides is 2. The van der Waals surface area contributed by atoms with Gasteiger partial charge in [0.05, 0.1) is 0 Å². The summed E-state index contributed by atoms with van der Waals surface area (Å²) < 4.78 is 5.81. The molecule has 0 fully saturated rings. The fourth-order valence-corrected chi connectivity index (χ4v) is 3.14. The van der Waals surface area contributed by atoms with Crippen LogP contribution in [0, 0.1) is 20.8 Å². The van der Waals surface area contributed by atoms with Crippen molar-refractivity contribution in [3.05, 3.63) is 64.7 Å². The molecule has 0 saturated heterocycles. The van der Waals surface area contributed by atoms with E-state index in [2.05, 4.69) is 5.32 Å². The van der Waals surface area contributed by atoms with Gasteiger partial charge >= 0.3 is 0 Å². The standard InChI is InChI=1S/C23H30N2O3/c1-6-20(23(27)24-5)25(14-19-10-8-7-9-17(19)3)22(26)15-28-21-13-16(2)11-12-18(21)4/h7-13,20H,6,14-15H2,1-5H3,(H,24,27). The third-order valence-corrected chi connectivity index (χ3v) is 4.93. The van der Waals surface area contributed by atoms with Crippen LogP contribution in [0.3, 0.4) is 0 Å². The lowest BCUT2D eigenvalue weighted by Crippen LogP contribution is -2.49. The molecule has 0 heterocycles. The van der Waals surface area contributed by atoms with Crippen molar-refractivity contribution < 1.29 is 14.3 Å². The predicted molar refractivity (Wildman–Crippen MR) is 111 cm³/mol. The Morgan fingerprint density at radius 3 is 2.43 bits per heavy atom. The minimum atomic E-state index is -0.542. The first-order valence-electron chi connectivity index (χ1n) is 9.63. The molecule has 28 heavy (non-hydrogen) atoms. The van der Waals surface area contributed by atoms with E-state index in [1.807, 2.05) is 70.2 Å². The number of carbonyl (C=O) groups excluding carboxylic acids is 2. The molecule has 1 atom stereocenters. The van der Waals surface area contributed by atoms with Gasteiger partial charge in [0.1, 0.15) is 11.8 Å². The van der Waals surface area contributed by atoms with Crippen LogP contribution < -0.4 is 10.1 Å². The van der Waals surface area contributed by atoms with Crippen LogP contribution in [0.15, 0.2) is 42.5 Å². The monoisotopic (exact) mass is 382 g/mol. The van der Waals surface area contributed by atoms with E-state index in [0.29, 0.717) is 18.7 Å². The van der Waals surface area contributed by atoms with Crippen molar-refractivity contribution in [1.82, 2.24) is 10.2 Å². The maximum Gasteiger partial charge on any atom is 0.261 e. The number of ether oxygens (including phenoxy) is 1. The molecular weight excluding hydrogens is 352 g/mol. The number of benzene rings is 2. The van der Waals surface area contributed by atoms with Crippen LogP contribution in [-0.2, 0) is 16.1 Å². The van der Waals surface area contributed by atoms with Gasteiger partial charge in [0.2, 0.25) is 5.91 Å². The summed E-state index contributed by atoms with van der Waals surface area (Å²) in [5.41, 5.74) is 4.15. The maximum absolute atomic E-state index is 13.1. The summed E-state index contributed by atoms with van der Waals surface area (Å²) >= 11 is 0. The molecule has 1 N–H and O–H groups in total. The zero-order chi connectivity index (χ0) is 20.7. The first-order chi connectivity index (χ1) is 13.4. The van der Waals surface area contributed by atoms with Crippen LogP contribution in [0.25, 0.3) is 0 Å². The van der Waals surface area contributed by atoms with E-state index in [1.165, 1.54) is 0 Å². The van der Waals surface area contributed by atoms with E-state index in [-0.39, 0.29) is 18.4 Å². The highest BCUT2D eigenvalue weighted by molar-refractivity contribution is 5.88. The average molecular weight is 383 g/mol. The smallest absolute Gasteiger partial charge is 0.261 e. The summed E-state index contributed by atoms with van der Waals surface area (Å²) in [6, 6.07) is 13.3. The Balaban J connectivity index is 2.24. The SMILES string of the molecule is CCC(C(=O)NC)N(Cc1ccccc1C)C(=O)COc1cc(C)ccc1C. The van der Waals surface area contributed by atoms with Crippen LogP contribution >= 0.6 is 0 Å². The normalized spacial score (nSPS) is 11.6. The van der Waals surface area contributed by atoms with E-state index in [0.717, 1.165) is 22.3 Å². The number of carbonyl (C=O) groups is 2. The number of nitrogens with zero attached hydrogens (tertiary/aromatic N) is 1. The predicted octanol–water partition coefficient (Wildman–Crippen LogP) is 3.54. The summed E-state index contributed by atoms with van der Waals surface area (Å²) in [5.74, 6) is 0.313. The van der Waals surface area contributed by atoms with Gasteiger partial charge in [0.25, 0.3) is 5.91 Å². The molecule has 0 saturated carbocycles. The van der Waals surface area contributed by atoms with Gasteiger partial charge in [0.15, 0.2) is 6.61 Å². The zero-order valence-corrected chi connectivity index (χ0v) is 17.4. The Bertz CT molecular complexity index is 832. The maximum atomic E-state index is 13.1. The molecule has 0 aliphatic heterocycles. The van der Waals surface area contributed by atoms with E-state index < -0.39 is 6.04 Å². The number of hydrogen-bond acceptors (Lipinski definition) is 3. The molecule has 150 valence electrons. The molecule has 2 amide bonds. The van der Waals surface area contributed by atoms with E-state index >= 15 is 0 Å². The van der Waals surface area contributed by atoms with Gasteiger partial charge in [-0.25, -0.2) is 0 Å². The van der Waals surface area contributed by atoms with Crippen molar-refractivity contribution in [3.63, 3.8) is 0 Å². The quantitative estimate of drug-likeness (QED) is 0.760. The Morgan fingerprint density at radius 1 is 1.07 bits per heavy atom. The van der Waals surface area contributed by atoms with Crippen LogP contribution in [0.4, 0.5) is 0 Å². The molecule has 5 heteroatoms. The lowest BCUT2D eigenvalue weighted by Gasteiger charge is -2.30. The molecule has 0 aromatic heterocycles. The van der Waals surface area contributed by atoms with Crippen LogP contribution in [-0.4, -0.2) is 36.4 Å². The van der Waals surface area contributed by atoms with Gasteiger partial charge in [-0.05, 0) is 55.5 Å². The van der Waals surface area contributed by atoms with Crippen LogP contribution in [0.1, 0.15) is 35.6 Å². The first kappa shape index (κ1) is 21.5. The van der Waals surface area contributed by atoms with Gasteiger partial charge in [-0.15, -0.1) is 0 Å². The molecule has 1 unspecified atom stereocenters. The Kier molecular flexibility index (Phi) is 7.61. The highest BCUT2D eigenvalue weighted by Gasteiger charge is 2.28. The summed E-state index contributed by atoms with van der Waals surface area (Å²) in [6.07, 6.45) is 0.529. The molecule has 2 rings (SSSR count). The highest BCUT2D eigenvalue weighted by atomic mass is 16.5. The summed E-state index contributed by atoms with van der Waals surface area (Å²) in [6.45, 7) is 8.10. The number of aryl methyl sites for hydroxylation is 3. The van der Waals surface area contributed by atoms with Crippen molar-refractivity contribution in [2.45, 2.75) is 46.7 Å². The van der Waals surface area contributed by atoms with Gasteiger partial charge in [-0.2, -0.15) is 0 Å². The number of likely N-dealkylation sites (N-methyl/N-ethyl adjacent to an activating group) is 1. The minimum absolute atomic E-state index is 0.107. The van der Waals surface area contributed by atoms with Crippen LogP contribution in [0.2, 0.25) is 0 Å². The molecule has 0 aliphatic rings. The average Bonchev–Trinajstić information content (AvgIpc) is 2.69. The topological polar surface area (TPSA) is 58.6 Å². The molecule has 5 nitrogen and oxygen atoms in total. The molecule has 0 radical (unpaired) electrons. The molecule has 2 aromatic rings. The molecule has 0 aliphatic carbocycles. The second kappa shape index (κ2) is 9.93. The van der Waals surface area contributed by atoms with Crippen molar-refractivity contribution >= 4 is 11.8 Å². The summed E-state index contributed by atoms with van der Waals surface area (Å²) in [7, 11) is 1.59. The van der Waals surface area contributed by atoms with Gasteiger partial charge < -0.3 is 15.0 Å². The number of hydrogen-bond donors (Lipinski definition) is 1. The lowest BCUT2D eigenvalue weighted by atomic mass is 10.1. The molecule has 0 spiro atoms. The Morgan fingerprint density at radius 2 is 1.79 bits per heavy atom. The Labute approximate surface area is 167 Å². The second-order valence-electron chi connectivity index (χ2n) is 7.04. The van der Waals surface area contributed by atoms with Gasteiger partial charge in [-0.1, -0.05) is 43.3 Å². The van der Waals surface area contributed by atoms with E-state index in [4.69, 9.17) is 4.74 Å². The van der Waals surface area contributed by atoms with E-state index in [1.54, 1.807) is 11.9 Å². The minimum Gasteiger partial charge on any atom is -0.483 e. The summed E-state index contributed by atoms with van der Waals surface area (Å²) in [5, 5.41) is 2.67. The zero-order valence-electron chi connectivity index (χ0n) is 17.4. The fourth-order valence-electron chi connectivity index (χ4n) is 3.14. The second-order valence-corrected chi connectivity index (χ2v) is 7.04. The third kappa shape index (κ3) is 5.35. The van der Waals surface area contributed by atoms with E-state index in [9.17, 15) is 9.59 Å². The van der Waals surface area contributed by atoms with Crippen molar-refractivity contribution in [3.8, 4) is 5.75 Å². The highest BCUT2D eigenvalue weighted by Crippen LogP contribution is 2.20. The number of nitrogens with one attached hydrogen (secondary N) is 1. The van der Waals surface area contributed by atoms with Crippen molar-refractivity contribution in [2.75, 3.05) is 13.7 Å². The molecule has 2 aromatic carbocycles. The summed E-state index contributed by atoms with van der Waals surface area (Å²) in [4.78, 5) is 27.1. The molecule has 0 bridgehead atoms. The van der Waals surface area contributed by atoms with Crippen molar-refractivity contribution in [1.29, 1.82) is 0 Å². The van der Waals surface area contributed by atoms with Crippen LogP contribution in [0.5, 0.6) is 5.75 Å². The third-order valence-electron chi connectivity index (χ3n) is 4.93. The first-order valence-corrected chi connectivity index (χ1v) is 9.63. The lowest BCUT2D eigenvalue weighted by molar-refractivity contribution is -0.142. The van der Waals surface area contributed by atoms with Crippen molar-refractivity contribution in [2.24, 2.45) is 0 Å². The Hall–Kier alpha value is -2.82. The number of rotatable bonds is 8. The fraction of sp³-hybridized carbons (Fsp3) is 0.391.